The number of guanidine groups is 1. The monoisotopic (exact) mass is 395 g/mol. The SMILES string of the molecule is CSCCNC(=NCc1ccc(Br)cc1)NCCc1ccco1. The van der Waals surface area contributed by atoms with E-state index >= 15 is 0 Å². The van der Waals surface area contributed by atoms with E-state index in [0.717, 1.165) is 41.5 Å². The highest BCUT2D eigenvalue weighted by Gasteiger charge is 2.00. The van der Waals surface area contributed by atoms with Crippen LogP contribution in [0.4, 0.5) is 0 Å². The third-order valence-electron chi connectivity index (χ3n) is 3.18. The maximum atomic E-state index is 5.35. The van der Waals surface area contributed by atoms with E-state index in [4.69, 9.17) is 4.42 Å². The Bertz CT molecular complexity index is 584. The van der Waals surface area contributed by atoms with Crippen molar-refractivity contribution in [3.05, 3.63) is 58.5 Å². The van der Waals surface area contributed by atoms with Crippen LogP contribution in [0.2, 0.25) is 0 Å². The molecular formula is C17H22BrN3OS. The maximum absolute atomic E-state index is 5.35. The summed E-state index contributed by atoms with van der Waals surface area (Å²) in [6.07, 6.45) is 4.65. The van der Waals surface area contributed by atoms with Crippen molar-refractivity contribution < 1.29 is 4.42 Å². The van der Waals surface area contributed by atoms with Crippen LogP contribution in [0.15, 0.2) is 56.5 Å². The Labute approximate surface area is 150 Å². The van der Waals surface area contributed by atoms with E-state index in [-0.39, 0.29) is 0 Å². The van der Waals surface area contributed by atoms with Crippen molar-refractivity contribution in [3.8, 4) is 0 Å². The highest BCUT2D eigenvalue weighted by molar-refractivity contribution is 9.10. The summed E-state index contributed by atoms with van der Waals surface area (Å²) in [4.78, 5) is 4.65. The van der Waals surface area contributed by atoms with E-state index in [9.17, 15) is 0 Å². The van der Waals surface area contributed by atoms with Crippen molar-refractivity contribution in [3.63, 3.8) is 0 Å². The van der Waals surface area contributed by atoms with Crippen LogP contribution in [-0.2, 0) is 13.0 Å². The molecule has 0 saturated heterocycles. The standard InChI is InChI=1S/C17H22BrN3OS/c1-23-12-10-20-17(19-9-8-16-3-2-11-22-16)21-13-14-4-6-15(18)7-5-14/h2-7,11H,8-10,12-13H2,1H3,(H2,19,20,21). The van der Waals surface area contributed by atoms with Gasteiger partial charge in [-0.2, -0.15) is 11.8 Å². The molecule has 4 nitrogen and oxygen atoms in total. The lowest BCUT2D eigenvalue weighted by molar-refractivity contribution is 0.507. The number of thioether (sulfide) groups is 1. The van der Waals surface area contributed by atoms with Gasteiger partial charge in [-0.15, -0.1) is 0 Å². The van der Waals surface area contributed by atoms with Crippen molar-refractivity contribution in [1.29, 1.82) is 0 Å². The zero-order chi connectivity index (χ0) is 16.3. The third-order valence-corrected chi connectivity index (χ3v) is 4.32. The molecule has 0 saturated carbocycles. The van der Waals surface area contributed by atoms with Crippen LogP contribution in [0, 0.1) is 0 Å². The zero-order valence-electron chi connectivity index (χ0n) is 13.2. The zero-order valence-corrected chi connectivity index (χ0v) is 15.6. The van der Waals surface area contributed by atoms with Gasteiger partial charge in [-0.3, -0.25) is 0 Å². The molecule has 0 spiro atoms. The van der Waals surface area contributed by atoms with Crippen LogP contribution in [-0.4, -0.2) is 31.1 Å². The normalized spacial score (nSPS) is 11.5. The Kier molecular flexibility index (Phi) is 8.11. The molecule has 1 aromatic carbocycles. The second-order valence-corrected chi connectivity index (χ2v) is 6.87. The summed E-state index contributed by atoms with van der Waals surface area (Å²) in [6.45, 7) is 2.34. The fourth-order valence-electron chi connectivity index (χ4n) is 1.96. The van der Waals surface area contributed by atoms with Gasteiger partial charge in [0.1, 0.15) is 5.76 Å². The first-order valence-corrected chi connectivity index (χ1v) is 9.74. The van der Waals surface area contributed by atoms with Gasteiger partial charge >= 0.3 is 0 Å². The highest BCUT2D eigenvalue weighted by atomic mass is 79.9. The molecule has 1 aromatic heterocycles. The van der Waals surface area contributed by atoms with Gasteiger partial charge in [0.2, 0.25) is 0 Å². The van der Waals surface area contributed by atoms with Crippen molar-refractivity contribution in [2.45, 2.75) is 13.0 Å². The number of aliphatic imine (C=N–C) groups is 1. The predicted octanol–water partition coefficient (Wildman–Crippen LogP) is 3.68. The Hall–Kier alpha value is -1.40. The Morgan fingerprint density at radius 3 is 2.65 bits per heavy atom. The molecule has 2 aromatic rings. The number of nitrogens with zero attached hydrogens (tertiary/aromatic N) is 1. The lowest BCUT2D eigenvalue weighted by Crippen LogP contribution is -2.39. The first-order valence-electron chi connectivity index (χ1n) is 7.56. The second kappa shape index (κ2) is 10.4. The average molecular weight is 396 g/mol. The average Bonchev–Trinajstić information content (AvgIpc) is 3.07. The Morgan fingerprint density at radius 2 is 1.96 bits per heavy atom. The smallest absolute Gasteiger partial charge is 0.191 e. The van der Waals surface area contributed by atoms with Gasteiger partial charge in [0, 0.05) is 29.7 Å². The molecule has 6 heteroatoms. The molecule has 0 aliphatic rings. The number of hydrogen-bond acceptors (Lipinski definition) is 3. The van der Waals surface area contributed by atoms with Gasteiger partial charge in [-0.05, 0) is 36.1 Å². The van der Waals surface area contributed by atoms with Crippen LogP contribution in [0.1, 0.15) is 11.3 Å². The molecule has 0 aliphatic carbocycles. The van der Waals surface area contributed by atoms with E-state index < -0.39 is 0 Å². The molecule has 2 N–H and O–H groups in total. The predicted molar refractivity (Wildman–Crippen MR) is 102 cm³/mol. The molecule has 0 fully saturated rings. The van der Waals surface area contributed by atoms with Gasteiger partial charge in [0.05, 0.1) is 12.8 Å². The lowest BCUT2D eigenvalue weighted by Gasteiger charge is -2.12. The molecule has 2 rings (SSSR count). The molecule has 124 valence electrons. The minimum Gasteiger partial charge on any atom is -0.469 e. The first kappa shape index (κ1) is 17.9. The summed E-state index contributed by atoms with van der Waals surface area (Å²) in [5.74, 6) is 2.87. The fourth-order valence-corrected chi connectivity index (χ4v) is 2.54. The number of halogens is 1. The molecule has 1 heterocycles. The number of rotatable bonds is 8. The van der Waals surface area contributed by atoms with Crippen LogP contribution < -0.4 is 10.6 Å². The van der Waals surface area contributed by atoms with Gasteiger partial charge < -0.3 is 15.1 Å². The van der Waals surface area contributed by atoms with Crippen molar-refractivity contribution in [2.24, 2.45) is 4.99 Å². The molecular weight excluding hydrogens is 374 g/mol. The van der Waals surface area contributed by atoms with Crippen LogP contribution in [0.3, 0.4) is 0 Å². The highest BCUT2D eigenvalue weighted by Crippen LogP contribution is 2.11. The van der Waals surface area contributed by atoms with Crippen molar-refractivity contribution in [2.75, 3.05) is 25.1 Å². The molecule has 0 radical (unpaired) electrons. The molecule has 23 heavy (non-hydrogen) atoms. The van der Waals surface area contributed by atoms with Gasteiger partial charge in [0.15, 0.2) is 5.96 Å². The number of hydrogen-bond donors (Lipinski definition) is 2. The van der Waals surface area contributed by atoms with E-state index in [2.05, 4.69) is 49.9 Å². The van der Waals surface area contributed by atoms with Gasteiger partial charge in [-0.25, -0.2) is 4.99 Å². The van der Waals surface area contributed by atoms with Crippen molar-refractivity contribution in [1.82, 2.24) is 10.6 Å². The number of furan rings is 1. The molecule has 0 amide bonds. The van der Waals surface area contributed by atoms with Crippen LogP contribution >= 0.6 is 27.7 Å². The number of benzene rings is 1. The molecule has 0 bridgehead atoms. The Balaban J connectivity index is 1.86. The summed E-state index contributed by atoms with van der Waals surface area (Å²) in [5.41, 5.74) is 1.19. The minimum atomic E-state index is 0.655. The Morgan fingerprint density at radius 1 is 1.17 bits per heavy atom. The molecule has 0 aliphatic heterocycles. The number of nitrogens with one attached hydrogen (secondary N) is 2. The van der Waals surface area contributed by atoms with Gasteiger partial charge in [0.25, 0.3) is 0 Å². The summed E-state index contributed by atoms with van der Waals surface area (Å²) in [7, 11) is 0. The summed E-state index contributed by atoms with van der Waals surface area (Å²) >= 11 is 5.27. The third kappa shape index (κ3) is 7.14. The minimum absolute atomic E-state index is 0.655. The first-order chi connectivity index (χ1) is 11.3. The van der Waals surface area contributed by atoms with E-state index in [1.165, 1.54) is 5.56 Å². The topological polar surface area (TPSA) is 49.6 Å². The lowest BCUT2D eigenvalue weighted by atomic mass is 10.2. The fraction of sp³-hybridized carbons (Fsp3) is 0.353. The van der Waals surface area contributed by atoms with Crippen LogP contribution in [0.5, 0.6) is 0 Å². The second-order valence-electron chi connectivity index (χ2n) is 4.97. The summed E-state index contributed by atoms with van der Waals surface area (Å²) < 4.78 is 6.43. The van der Waals surface area contributed by atoms with E-state index in [1.54, 1.807) is 6.26 Å². The van der Waals surface area contributed by atoms with E-state index in [1.807, 2.05) is 36.0 Å². The summed E-state index contributed by atoms with van der Waals surface area (Å²) in [6, 6.07) is 12.1. The van der Waals surface area contributed by atoms with Gasteiger partial charge in [-0.1, -0.05) is 28.1 Å². The maximum Gasteiger partial charge on any atom is 0.191 e. The summed E-state index contributed by atoms with van der Waals surface area (Å²) in [5, 5.41) is 6.72. The molecule has 0 unspecified atom stereocenters. The largest absolute Gasteiger partial charge is 0.469 e. The van der Waals surface area contributed by atoms with Crippen LogP contribution in [0.25, 0.3) is 0 Å². The van der Waals surface area contributed by atoms with E-state index in [0.29, 0.717) is 6.54 Å². The molecule has 0 atom stereocenters. The van der Waals surface area contributed by atoms with Crippen molar-refractivity contribution >= 4 is 33.7 Å². The quantitative estimate of drug-likeness (QED) is 0.406.